The Morgan fingerprint density at radius 3 is 2.28 bits per heavy atom. The van der Waals surface area contributed by atoms with Gasteiger partial charge >= 0.3 is 0 Å². The molecule has 2 aromatic carbocycles. The Bertz CT molecular complexity index is 962. The van der Waals surface area contributed by atoms with Crippen LogP contribution in [0.1, 0.15) is 33.9 Å². The van der Waals surface area contributed by atoms with E-state index >= 15 is 0 Å². The predicted octanol–water partition coefficient (Wildman–Crippen LogP) is 5.02. The summed E-state index contributed by atoms with van der Waals surface area (Å²) in [5.41, 5.74) is 7.09. The van der Waals surface area contributed by atoms with Crippen LogP contribution in [0.15, 0.2) is 53.7 Å². The number of carbonyl (C=O) groups excluding carboxylic acids is 1. The zero-order chi connectivity index (χ0) is 20.8. The molecule has 1 saturated heterocycles. The highest BCUT2D eigenvalue weighted by atomic mass is 28.3. The minimum atomic E-state index is -1.41. The van der Waals surface area contributed by atoms with Crippen molar-refractivity contribution in [1.29, 1.82) is 0 Å². The summed E-state index contributed by atoms with van der Waals surface area (Å²) < 4.78 is 11.1. The summed E-state index contributed by atoms with van der Waals surface area (Å²) in [7, 11) is 1.92. The fourth-order valence-corrected chi connectivity index (χ4v) is 6.12. The summed E-state index contributed by atoms with van der Waals surface area (Å²) in [5, 5.41) is 0. The fraction of sp³-hybridized carbons (Fsp3) is 0.375. The summed E-state index contributed by atoms with van der Waals surface area (Å²) in [6, 6.07) is 13.9. The van der Waals surface area contributed by atoms with E-state index in [0.717, 1.165) is 29.9 Å². The molecule has 4 nitrogen and oxygen atoms in total. The molecule has 1 amide bonds. The van der Waals surface area contributed by atoms with E-state index in [9.17, 15) is 4.79 Å². The monoisotopic (exact) mass is 407 g/mol. The smallest absolute Gasteiger partial charge is 0.254 e. The molecule has 2 atom stereocenters. The quantitative estimate of drug-likeness (QED) is 0.668. The van der Waals surface area contributed by atoms with Crippen LogP contribution in [0.2, 0.25) is 19.6 Å². The van der Waals surface area contributed by atoms with Crippen LogP contribution in [0.5, 0.6) is 11.5 Å². The van der Waals surface area contributed by atoms with Gasteiger partial charge in [-0.05, 0) is 48.2 Å². The Hall–Kier alpha value is -2.53. The molecule has 1 fully saturated rings. The first kappa shape index (κ1) is 19.8. The summed E-state index contributed by atoms with van der Waals surface area (Å²) in [5.74, 6) is 1.59. The maximum atomic E-state index is 13.5. The minimum Gasteiger partial charge on any atom is -0.493 e. The van der Waals surface area contributed by atoms with Crippen LogP contribution in [0.3, 0.4) is 0 Å². The van der Waals surface area contributed by atoms with E-state index < -0.39 is 8.07 Å². The maximum absolute atomic E-state index is 13.5. The number of benzene rings is 2. The minimum absolute atomic E-state index is 0.0406. The molecule has 5 heteroatoms. The lowest BCUT2D eigenvalue weighted by molar-refractivity contribution is 0.0656. The molecule has 2 bridgehead atoms. The number of hydrogen-bond acceptors (Lipinski definition) is 3. The molecule has 2 aromatic rings. The molecule has 4 rings (SSSR count). The molecule has 2 aliphatic heterocycles. The number of amides is 1. The third-order valence-corrected chi connectivity index (χ3v) is 7.06. The van der Waals surface area contributed by atoms with Gasteiger partial charge in [0, 0.05) is 5.56 Å². The van der Waals surface area contributed by atoms with Crippen molar-refractivity contribution in [2.75, 3.05) is 14.2 Å². The predicted molar refractivity (Wildman–Crippen MR) is 118 cm³/mol. The highest BCUT2D eigenvalue weighted by molar-refractivity contribution is 6.81. The maximum Gasteiger partial charge on any atom is 0.254 e. The highest BCUT2D eigenvalue weighted by Crippen LogP contribution is 2.50. The van der Waals surface area contributed by atoms with E-state index in [4.69, 9.17) is 9.47 Å². The van der Waals surface area contributed by atoms with Gasteiger partial charge in [-0.3, -0.25) is 4.79 Å². The third-order valence-electron chi connectivity index (χ3n) is 5.82. The van der Waals surface area contributed by atoms with Crippen LogP contribution in [0.4, 0.5) is 0 Å². The third kappa shape index (κ3) is 3.59. The van der Waals surface area contributed by atoms with Gasteiger partial charge in [0.2, 0.25) is 0 Å². The van der Waals surface area contributed by atoms with Crippen molar-refractivity contribution >= 4 is 14.0 Å². The lowest BCUT2D eigenvalue weighted by Crippen LogP contribution is -2.42. The molecule has 2 aliphatic rings. The van der Waals surface area contributed by atoms with E-state index in [0.29, 0.717) is 0 Å². The molecule has 0 aliphatic carbocycles. The molecule has 29 heavy (non-hydrogen) atoms. The second kappa shape index (κ2) is 7.37. The highest BCUT2D eigenvalue weighted by Gasteiger charge is 2.46. The van der Waals surface area contributed by atoms with Gasteiger partial charge in [0.15, 0.2) is 11.5 Å². The number of nitrogens with zero attached hydrogens (tertiary/aromatic N) is 1. The van der Waals surface area contributed by atoms with E-state index in [2.05, 4.69) is 42.4 Å². The van der Waals surface area contributed by atoms with Crippen LogP contribution >= 0.6 is 0 Å². The number of fused-ring (bicyclic) bond motifs is 4. The van der Waals surface area contributed by atoms with Crippen LogP contribution in [-0.2, 0) is 6.42 Å². The second-order valence-corrected chi connectivity index (χ2v) is 14.0. The number of hydrogen-bond donors (Lipinski definition) is 0. The summed E-state index contributed by atoms with van der Waals surface area (Å²) in [6.45, 7) is 7.06. The van der Waals surface area contributed by atoms with Crippen LogP contribution in [-0.4, -0.2) is 39.1 Å². The molecule has 0 aromatic heterocycles. The molecule has 0 spiro atoms. The molecule has 0 N–H and O–H groups in total. The van der Waals surface area contributed by atoms with Gasteiger partial charge in [0.1, 0.15) is 0 Å². The van der Waals surface area contributed by atoms with Crippen molar-refractivity contribution in [2.24, 2.45) is 0 Å². The average molecular weight is 408 g/mol. The van der Waals surface area contributed by atoms with Gasteiger partial charge in [0.05, 0.1) is 34.4 Å². The first-order valence-electron chi connectivity index (χ1n) is 10.2. The zero-order valence-electron chi connectivity index (χ0n) is 17.9. The van der Waals surface area contributed by atoms with Crippen molar-refractivity contribution in [3.05, 3.63) is 70.4 Å². The van der Waals surface area contributed by atoms with Crippen molar-refractivity contribution in [3.8, 4) is 11.5 Å². The van der Waals surface area contributed by atoms with E-state index in [1.807, 2.05) is 30.3 Å². The Morgan fingerprint density at radius 1 is 1.00 bits per heavy atom. The van der Waals surface area contributed by atoms with Crippen molar-refractivity contribution < 1.29 is 14.3 Å². The van der Waals surface area contributed by atoms with Crippen molar-refractivity contribution in [2.45, 2.75) is 44.6 Å². The molecule has 0 saturated carbocycles. The Morgan fingerprint density at radius 2 is 1.66 bits per heavy atom. The lowest BCUT2D eigenvalue weighted by atomic mass is 9.91. The van der Waals surface area contributed by atoms with E-state index in [1.54, 1.807) is 14.2 Å². The SMILES string of the molecule is COc1cc2c(cc1OC)C1C/C(=C/[Si](C)(C)C)C(C2)N1C(=O)c1ccccc1. The average Bonchev–Trinajstić information content (AvgIpc) is 2.96. The number of ether oxygens (including phenoxy) is 2. The van der Waals surface area contributed by atoms with Crippen molar-refractivity contribution in [3.63, 3.8) is 0 Å². The second-order valence-electron chi connectivity index (χ2n) is 9.01. The van der Waals surface area contributed by atoms with E-state index in [-0.39, 0.29) is 18.0 Å². The Labute approximate surface area is 174 Å². The zero-order valence-corrected chi connectivity index (χ0v) is 18.9. The Balaban J connectivity index is 1.83. The normalized spacial score (nSPS) is 21.8. The molecule has 2 heterocycles. The number of carbonyl (C=O) groups is 1. The fourth-order valence-electron chi connectivity index (χ4n) is 4.70. The van der Waals surface area contributed by atoms with Gasteiger partial charge in [-0.1, -0.05) is 49.1 Å². The van der Waals surface area contributed by atoms with Gasteiger partial charge in [-0.2, -0.15) is 0 Å². The molecule has 0 radical (unpaired) electrons. The van der Waals surface area contributed by atoms with E-state index in [1.165, 1.54) is 16.7 Å². The number of rotatable bonds is 4. The van der Waals surface area contributed by atoms with Gasteiger partial charge in [-0.25, -0.2) is 0 Å². The molecule has 152 valence electrons. The van der Waals surface area contributed by atoms with Crippen molar-refractivity contribution in [1.82, 2.24) is 4.90 Å². The van der Waals surface area contributed by atoms with Crippen LogP contribution in [0, 0.1) is 0 Å². The molecular formula is C24H29NO3Si. The van der Waals surface area contributed by atoms with Crippen LogP contribution in [0.25, 0.3) is 0 Å². The van der Waals surface area contributed by atoms with Crippen LogP contribution < -0.4 is 9.47 Å². The first-order chi connectivity index (χ1) is 13.8. The van der Waals surface area contributed by atoms with Gasteiger partial charge < -0.3 is 14.4 Å². The summed E-state index contributed by atoms with van der Waals surface area (Å²) in [6.07, 6.45) is 1.72. The van der Waals surface area contributed by atoms with Gasteiger partial charge in [0.25, 0.3) is 5.91 Å². The topological polar surface area (TPSA) is 38.8 Å². The number of methoxy groups -OCH3 is 2. The standard InChI is InChI=1S/C24H29NO3Si/c1-27-22-13-17-11-20-18(15-29(3,4)5)12-21(19(17)14-23(22)28-2)25(20)24(26)16-9-7-6-8-10-16/h6-10,13-15,20-21H,11-12H2,1-5H3/b18-15-. The summed E-state index contributed by atoms with van der Waals surface area (Å²) >= 11 is 0. The lowest BCUT2D eigenvalue weighted by Gasteiger charge is -2.37. The molecular weight excluding hydrogens is 378 g/mol. The van der Waals surface area contributed by atoms with Gasteiger partial charge in [-0.15, -0.1) is 0 Å². The largest absolute Gasteiger partial charge is 0.493 e. The Kier molecular flexibility index (Phi) is 5.03. The first-order valence-corrected chi connectivity index (χ1v) is 13.7. The molecule has 2 unspecified atom stereocenters. The summed E-state index contributed by atoms with van der Waals surface area (Å²) in [4.78, 5) is 15.6.